The molecule has 4 rings (SSSR count). The lowest BCUT2D eigenvalue weighted by molar-refractivity contribution is -0.132. The Hall–Kier alpha value is -3.55. The van der Waals surface area contributed by atoms with E-state index in [1.807, 2.05) is 0 Å². The quantitative estimate of drug-likeness (QED) is 0.470. The van der Waals surface area contributed by atoms with Crippen LogP contribution in [-0.2, 0) is 19.2 Å². The first-order valence-corrected chi connectivity index (χ1v) is 8.11. The molecule has 2 aromatic carbocycles. The first kappa shape index (κ1) is 16.9. The Morgan fingerprint density at radius 3 is 2.37 bits per heavy atom. The third-order valence-electron chi connectivity index (χ3n) is 4.31. The fourth-order valence-corrected chi connectivity index (χ4v) is 3.12. The molecule has 8 heteroatoms. The van der Waals surface area contributed by atoms with Crippen molar-refractivity contribution in [2.75, 3.05) is 4.90 Å². The zero-order chi connectivity index (χ0) is 19.1. The van der Waals surface area contributed by atoms with Crippen LogP contribution in [0.25, 0.3) is 0 Å². The number of carbonyl (C=O) groups is 3. The third-order valence-corrected chi connectivity index (χ3v) is 4.31. The van der Waals surface area contributed by atoms with Gasteiger partial charge in [-0.05, 0) is 36.4 Å². The van der Waals surface area contributed by atoms with Crippen LogP contribution in [0.4, 0.5) is 10.1 Å². The summed E-state index contributed by atoms with van der Waals surface area (Å²) in [6, 6.07) is 11.4. The standard InChI is InChI=1S/C19H13FN2O5/c1-10(23)26-14-8-6-13(7-9-14)22-18(24)15-16(21-27-17(15)19(22)25)11-2-4-12(20)5-3-11/h2-9,15,17H,1H3/t15-,17+/m0/s1. The second-order valence-corrected chi connectivity index (χ2v) is 6.09. The van der Waals surface area contributed by atoms with Crippen molar-refractivity contribution >= 4 is 29.2 Å². The molecule has 2 amide bonds. The van der Waals surface area contributed by atoms with Gasteiger partial charge in [-0.25, -0.2) is 9.29 Å². The van der Waals surface area contributed by atoms with Gasteiger partial charge in [-0.15, -0.1) is 0 Å². The van der Waals surface area contributed by atoms with Gasteiger partial charge in [0.05, 0.1) is 5.69 Å². The van der Waals surface area contributed by atoms with Crippen molar-refractivity contribution in [1.29, 1.82) is 0 Å². The van der Waals surface area contributed by atoms with E-state index in [4.69, 9.17) is 9.57 Å². The number of ether oxygens (including phenoxy) is 1. The van der Waals surface area contributed by atoms with E-state index in [9.17, 15) is 18.8 Å². The van der Waals surface area contributed by atoms with Gasteiger partial charge in [0.15, 0.2) is 0 Å². The van der Waals surface area contributed by atoms with E-state index >= 15 is 0 Å². The predicted octanol–water partition coefficient (Wildman–Crippen LogP) is 2.04. The Morgan fingerprint density at radius 2 is 1.74 bits per heavy atom. The molecule has 7 nitrogen and oxygen atoms in total. The van der Waals surface area contributed by atoms with Crippen LogP contribution in [0.1, 0.15) is 12.5 Å². The van der Waals surface area contributed by atoms with E-state index in [1.165, 1.54) is 55.5 Å². The third kappa shape index (κ3) is 2.84. The van der Waals surface area contributed by atoms with Gasteiger partial charge in [-0.2, -0.15) is 0 Å². The summed E-state index contributed by atoms with van der Waals surface area (Å²) in [5.74, 6) is -2.50. The summed E-state index contributed by atoms with van der Waals surface area (Å²) in [6.07, 6.45) is -1.05. The molecule has 2 heterocycles. The molecule has 0 unspecified atom stereocenters. The number of hydrogen-bond acceptors (Lipinski definition) is 6. The number of carbonyl (C=O) groups excluding carboxylic acids is 3. The highest BCUT2D eigenvalue weighted by Gasteiger charge is 2.56. The van der Waals surface area contributed by atoms with E-state index in [-0.39, 0.29) is 5.71 Å². The SMILES string of the molecule is CC(=O)Oc1ccc(N2C(=O)[C@H]3C(c4ccc(F)cc4)=NO[C@H]3C2=O)cc1. The topological polar surface area (TPSA) is 85.3 Å². The normalized spacial score (nSPS) is 21.0. The molecule has 0 saturated carbocycles. The average molecular weight is 368 g/mol. The van der Waals surface area contributed by atoms with Crippen molar-refractivity contribution < 1.29 is 28.3 Å². The van der Waals surface area contributed by atoms with Crippen LogP contribution in [0, 0.1) is 11.7 Å². The number of hydrogen-bond donors (Lipinski definition) is 0. The van der Waals surface area contributed by atoms with Crippen molar-refractivity contribution in [3.05, 3.63) is 59.9 Å². The highest BCUT2D eigenvalue weighted by Crippen LogP contribution is 2.35. The maximum Gasteiger partial charge on any atom is 0.308 e. The van der Waals surface area contributed by atoms with Crippen LogP contribution in [-0.4, -0.2) is 29.6 Å². The summed E-state index contributed by atoms with van der Waals surface area (Å²) in [5, 5.41) is 3.86. The minimum atomic E-state index is -1.05. The molecule has 2 atom stereocenters. The number of amides is 2. The molecular formula is C19H13FN2O5. The van der Waals surface area contributed by atoms with Gasteiger partial charge in [-0.3, -0.25) is 14.4 Å². The van der Waals surface area contributed by atoms with Crippen LogP contribution < -0.4 is 9.64 Å². The van der Waals surface area contributed by atoms with E-state index < -0.39 is 35.6 Å². The number of rotatable bonds is 3. The van der Waals surface area contributed by atoms with E-state index in [0.29, 0.717) is 17.0 Å². The molecule has 2 aliphatic rings. The highest BCUT2D eigenvalue weighted by molar-refractivity contribution is 6.32. The molecule has 0 aliphatic carbocycles. The van der Waals surface area contributed by atoms with Crippen LogP contribution in [0.2, 0.25) is 0 Å². The molecule has 1 saturated heterocycles. The number of anilines is 1. The maximum atomic E-state index is 13.1. The Morgan fingerprint density at radius 1 is 1.07 bits per heavy atom. The van der Waals surface area contributed by atoms with Crippen molar-refractivity contribution in [2.24, 2.45) is 11.1 Å². The number of halogens is 1. The smallest absolute Gasteiger partial charge is 0.308 e. The maximum absolute atomic E-state index is 13.1. The largest absolute Gasteiger partial charge is 0.427 e. The first-order chi connectivity index (χ1) is 13.0. The minimum Gasteiger partial charge on any atom is -0.427 e. The number of oxime groups is 1. The van der Waals surface area contributed by atoms with Gasteiger partial charge in [0.1, 0.15) is 23.2 Å². The molecule has 2 aromatic rings. The summed E-state index contributed by atoms with van der Waals surface area (Å²) in [5.41, 5.74) is 1.13. The zero-order valence-corrected chi connectivity index (χ0v) is 14.1. The summed E-state index contributed by atoms with van der Waals surface area (Å²) >= 11 is 0. The molecule has 1 fully saturated rings. The van der Waals surface area contributed by atoms with Crippen molar-refractivity contribution in [3.8, 4) is 5.75 Å². The van der Waals surface area contributed by atoms with Gasteiger partial charge in [0, 0.05) is 12.5 Å². The molecule has 27 heavy (non-hydrogen) atoms. The van der Waals surface area contributed by atoms with Crippen LogP contribution in [0.5, 0.6) is 5.75 Å². The molecule has 0 radical (unpaired) electrons. The summed E-state index contributed by atoms with van der Waals surface area (Å²) in [6.45, 7) is 1.27. The van der Waals surface area contributed by atoms with Crippen LogP contribution in [0.15, 0.2) is 53.7 Å². The minimum absolute atomic E-state index is 0.289. The number of esters is 1. The predicted molar refractivity (Wildman–Crippen MR) is 91.5 cm³/mol. The van der Waals surface area contributed by atoms with E-state index in [0.717, 1.165) is 4.90 Å². The number of nitrogens with zero attached hydrogens (tertiary/aromatic N) is 2. The Balaban J connectivity index is 1.62. The van der Waals surface area contributed by atoms with Gasteiger partial charge in [0.25, 0.3) is 5.91 Å². The van der Waals surface area contributed by atoms with Crippen LogP contribution in [0.3, 0.4) is 0 Å². The molecule has 0 aromatic heterocycles. The molecule has 0 N–H and O–H groups in total. The molecule has 2 aliphatic heterocycles. The van der Waals surface area contributed by atoms with Crippen molar-refractivity contribution in [1.82, 2.24) is 0 Å². The summed E-state index contributed by atoms with van der Waals surface area (Å²) < 4.78 is 18.1. The van der Waals surface area contributed by atoms with Gasteiger partial charge < -0.3 is 9.57 Å². The Kier molecular flexibility index (Phi) is 3.95. The lowest BCUT2D eigenvalue weighted by Crippen LogP contribution is -2.33. The number of benzene rings is 2. The van der Waals surface area contributed by atoms with Gasteiger partial charge in [-0.1, -0.05) is 17.3 Å². The monoisotopic (exact) mass is 368 g/mol. The molecule has 136 valence electrons. The van der Waals surface area contributed by atoms with E-state index in [2.05, 4.69) is 5.16 Å². The summed E-state index contributed by atoms with van der Waals surface area (Å²) in [4.78, 5) is 42.8. The Labute approximate surface area is 153 Å². The summed E-state index contributed by atoms with van der Waals surface area (Å²) in [7, 11) is 0. The Bertz CT molecular complexity index is 969. The fourth-order valence-electron chi connectivity index (χ4n) is 3.12. The second kappa shape index (κ2) is 6.31. The van der Waals surface area contributed by atoms with Gasteiger partial charge in [0.2, 0.25) is 12.0 Å². The molecule has 0 spiro atoms. The van der Waals surface area contributed by atoms with Crippen molar-refractivity contribution in [3.63, 3.8) is 0 Å². The molecule has 0 bridgehead atoms. The molecular weight excluding hydrogens is 355 g/mol. The second-order valence-electron chi connectivity index (χ2n) is 6.09. The first-order valence-electron chi connectivity index (χ1n) is 8.11. The zero-order valence-electron chi connectivity index (χ0n) is 14.1. The lowest BCUT2D eigenvalue weighted by atomic mass is 9.94. The average Bonchev–Trinajstić information content (AvgIpc) is 3.17. The number of imide groups is 1. The highest BCUT2D eigenvalue weighted by atomic mass is 19.1. The van der Waals surface area contributed by atoms with Crippen LogP contribution >= 0.6 is 0 Å². The lowest BCUT2D eigenvalue weighted by Gasteiger charge is -2.15. The number of fused-ring (bicyclic) bond motifs is 1. The van der Waals surface area contributed by atoms with Crippen molar-refractivity contribution in [2.45, 2.75) is 13.0 Å². The van der Waals surface area contributed by atoms with Gasteiger partial charge >= 0.3 is 5.97 Å². The van der Waals surface area contributed by atoms with E-state index in [1.54, 1.807) is 0 Å². The fraction of sp³-hybridized carbons (Fsp3) is 0.158.